The molecule has 5 heteroatoms. The monoisotopic (exact) mass is 388 g/mol. The van der Waals surface area contributed by atoms with Crippen LogP contribution in [0.3, 0.4) is 0 Å². The van der Waals surface area contributed by atoms with Crippen LogP contribution in [0.5, 0.6) is 0 Å². The summed E-state index contributed by atoms with van der Waals surface area (Å²) in [4.78, 5) is 20.8. The van der Waals surface area contributed by atoms with Gasteiger partial charge >= 0.3 is 5.97 Å². The molecule has 0 aliphatic heterocycles. The van der Waals surface area contributed by atoms with E-state index in [1.165, 1.54) is 19.3 Å². The molecule has 0 saturated carbocycles. The normalized spacial score (nSPS) is 14.5. The minimum atomic E-state index is -1.13. The second-order valence-electron chi connectivity index (χ2n) is 7.19. The molecule has 0 fully saturated rings. The summed E-state index contributed by atoms with van der Waals surface area (Å²) < 4.78 is 0. The smallest absolute Gasteiger partial charge is 0.315 e. The predicted molar refractivity (Wildman–Crippen MR) is 110 cm³/mol. The van der Waals surface area contributed by atoms with Crippen molar-refractivity contribution in [3.05, 3.63) is 47.8 Å². The fourth-order valence-electron chi connectivity index (χ4n) is 3.20. The van der Waals surface area contributed by atoms with Gasteiger partial charge in [-0.15, -0.1) is 11.6 Å². The summed E-state index contributed by atoms with van der Waals surface area (Å²) in [6.07, 6.45) is 10.2. The Morgan fingerprint density at radius 3 is 2.26 bits per heavy atom. The molecule has 0 spiro atoms. The number of aliphatic carboxylic acids is 1. The number of halogens is 1. The van der Waals surface area contributed by atoms with E-state index in [9.17, 15) is 9.90 Å². The lowest BCUT2D eigenvalue weighted by Gasteiger charge is -2.29. The van der Waals surface area contributed by atoms with Gasteiger partial charge in [-0.2, -0.15) is 0 Å². The zero-order chi connectivity index (χ0) is 19.9. The Morgan fingerprint density at radius 2 is 1.74 bits per heavy atom. The zero-order valence-corrected chi connectivity index (χ0v) is 17.2. The molecule has 2 unspecified atom stereocenters. The molecule has 4 nitrogen and oxygen atoms in total. The van der Waals surface area contributed by atoms with Gasteiger partial charge in [-0.25, -0.2) is 9.97 Å². The van der Waals surface area contributed by atoms with Crippen LogP contribution in [0.1, 0.15) is 64.0 Å². The Labute approximate surface area is 167 Å². The van der Waals surface area contributed by atoms with Gasteiger partial charge in [-0.05, 0) is 37.3 Å². The summed E-state index contributed by atoms with van der Waals surface area (Å²) in [6, 6.07) is 7.37. The minimum Gasteiger partial charge on any atom is -0.481 e. The van der Waals surface area contributed by atoms with Crippen LogP contribution in [0.4, 0.5) is 0 Å². The van der Waals surface area contributed by atoms with Gasteiger partial charge in [0.1, 0.15) is 5.41 Å². The predicted octanol–water partition coefficient (Wildman–Crippen LogP) is 5.63. The molecule has 1 N–H and O–H groups in total. The summed E-state index contributed by atoms with van der Waals surface area (Å²) in [5.41, 5.74) is 1.58. The van der Waals surface area contributed by atoms with E-state index in [2.05, 4.69) is 16.9 Å². The summed E-state index contributed by atoms with van der Waals surface area (Å²) in [5.74, 6) is -0.269. The Morgan fingerprint density at radius 1 is 1.11 bits per heavy atom. The highest BCUT2D eigenvalue weighted by atomic mass is 35.5. The van der Waals surface area contributed by atoms with Gasteiger partial charge in [-0.1, -0.05) is 57.4 Å². The minimum absolute atomic E-state index is 0.482. The van der Waals surface area contributed by atoms with E-state index in [1.807, 2.05) is 43.6 Å². The van der Waals surface area contributed by atoms with Crippen molar-refractivity contribution in [1.82, 2.24) is 9.97 Å². The third kappa shape index (κ3) is 5.07. The van der Waals surface area contributed by atoms with Crippen molar-refractivity contribution in [2.24, 2.45) is 0 Å². The van der Waals surface area contributed by atoms with Crippen LogP contribution in [0.25, 0.3) is 11.4 Å². The molecule has 0 bridgehead atoms. The first-order valence-electron chi connectivity index (χ1n) is 9.72. The molecule has 1 heterocycles. The van der Waals surface area contributed by atoms with Crippen LogP contribution in [0.2, 0.25) is 0 Å². The molecule has 2 aromatic rings. The number of unbranched alkanes of at least 4 members (excludes halogenated alkanes) is 3. The van der Waals surface area contributed by atoms with E-state index in [0.29, 0.717) is 17.8 Å². The number of aryl methyl sites for hydroxylation is 1. The van der Waals surface area contributed by atoms with Crippen LogP contribution in [0, 0.1) is 0 Å². The second kappa shape index (κ2) is 9.84. The first kappa shape index (κ1) is 21.4. The van der Waals surface area contributed by atoms with Gasteiger partial charge in [-0.3, -0.25) is 4.79 Å². The fraction of sp³-hybridized carbons (Fsp3) is 0.500. The van der Waals surface area contributed by atoms with Gasteiger partial charge in [0.2, 0.25) is 0 Å². The first-order chi connectivity index (χ1) is 12.9. The van der Waals surface area contributed by atoms with Crippen LogP contribution in [-0.2, 0) is 16.6 Å². The van der Waals surface area contributed by atoms with E-state index in [4.69, 9.17) is 11.6 Å². The number of carboxylic acids is 1. The number of alkyl halides is 1. The zero-order valence-electron chi connectivity index (χ0n) is 16.4. The summed E-state index contributed by atoms with van der Waals surface area (Å²) >= 11 is 6.33. The maximum Gasteiger partial charge on any atom is 0.315 e. The molecular weight excluding hydrogens is 360 g/mol. The van der Waals surface area contributed by atoms with Crippen molar-refractivity contribution < 1.29 is 9.90 Å². The van der Waals surface area contributed by atoms with Crippen molar-refractivity contribution in [3.63, 3.8) is 0 Å². The quantitative estimate of drug-likeness (QED) is 0.423. The van der Waals surface area contributed by atoms with Gasteiger partial charge in [0.05, 0.1) is 5.38 Å². The van der Waals surface area contributed by atoms with Crippen LogP contribution < -0.4 is 0 Å². The number of carbonyl (C=O) groups is 1. The van der Waals surface area contributed by atoms with Gasteiger partial charge in [0.25, 0.3) is 0 Å². The molecule has 1 aromatic carbocycles. The standard InChI is InChI=1S/C22H29ClN2O2/c1-4-6-7-8-9-16-14-24-20(25-15-16)17-10-12-18(13-11-17)22(3,21(26)27)19(23)5-2/h10-15,19H,4-9H2,1-3H3,(H,26,27). The highest BCUT2D eigenvalue weighted by Crippen LogP contribution is 2.34. The van der Waals surface area contributed by atoms with Crippen molar-refractivity contribution in [2.75, 3.05) is 0 Å². The molecule has 0 amide bonds. The molecule has 27 heavy (non-hydrogen) atoms. The maximum atomic E-state index is 11.8. The van der Waals surface area contributed by atoms with Gasteiger partial charge in [0.15, 0.2) is 5.82 Å². The van der Waals surface area contributed by atoms with Crippen LogP contribution >= 0.6 is 11.6 Å². The van der Waals surface area contributed by atoms with E-state index < -0.39 is 16.8 Å². The van der Waals surface area contributed by atoms with Crippen molar-refractivity contribution >= 4 is 17.6 Å². The molecule has 0 aliphatic carbocycles. The molecule has 146 valence electrons. The number of rotatable bonds is 10. The molecule has 1 aromatic heterocycles. The Hall–Kier alpha value is -1.94. The molecule has 0 aliphatic rings. The van der Waals surface area contributed by atoms with E-state index in [0.717, 1.165) is 24.0 Å². The average Bonchev–Trinajstić information content (AvgIpc) is 2.70. The molecule has 2 atom stereocenters. The fourth-order valence-corrected chi connectivity index (χ4v) is 3.42. The first-order valence-corrected chi connectivity index (χ1v) is 10.2. The van der Waals surface area contributed by atoms with E-state index >= 15 is 0 Å². The highest BCUT2D eigenvalue weighted by molar-refractivity contribution is 6.23. The summed E-state index contributed by atoms with van der Waals surface area (Å²) in [7, 11) is 0. The lowest BCUT2D eigenvalue weighted by Crippen LogP contribution is -2.41. The topological polar surface area (TPSA) is 63.1 Å². The third-order valence-electron chi connectivity index (χ3n) is 5.20. The van der Waals surface area contributed by atoms with Gasteiger partial charge in [0, 0.05) is 18.0 Å². The lowest BCUT2D eigenvalue weighted by molar-refractivity contribution is -0.143. The Bertz CT molecular complexity index is 731. The Balaban J connectivity index is 2.13. The number of hydrogen-bond acceptors (Lipinski definition) is 3. The van der Waals surface area contributed by atoms with Crippen molar-refractivity contribution in [2.45, 2.75) is 70.1 Å². The summed E-state index contributed by atoms with van der Waals surface area (Å²) in [6.45, 7) is 5.78. The van der Waals surface area contributed by atoms with Gasteiger partial charge < -0.3 is 5.11 Å². The third-order valence-corrected chi connectivity index (χ3v) is 5.94. The molecule has 2 rings (SSSR count). The molecular formula is C22H29ClN2O2. The largest absolute Gasteiger partial charge is 0.481 e. The SMILES string of the molecule is CCCCCCc1cnc(-c2ccc(C(C)(C(=O)O)C(Cl)CC)cc2)nc1. The second-order valence-corrected chi connectivity index (χ2v) is 7.71. The van der Waals surface area contributed by atoms with E-state index in [-0.39, 0.29) is 0 Å². The number of hydrogen-bond donors (Lipinski definition) is 1. The maximum absolute atomic E-state index is 11.8. The average molecular weight is 389 g/mol. The lowest BCUT2D eigenvalue weighted by atomic mass is 9.78. The Kier molecular flexibility index (Phi) is 7.78. The molecule has 0 radical (unpaired) electrons. The van der Waals surface area contributed by atoms with Crippen molar-refractivity contribution in [3.8, 4) is 11.4 Å². The number of aromatic nitrogens is 2. The number of nitrogens with zero attached hydrogens (tertiary/aromatic N) is 2. The van der Waals surface area contributed by atoms with E-state index in [1.54, 1.807) is 6.92 Å². The highest BCUT2D eigenvalue weighted by Gasteiger charge is 2.41. The van der Waals surface area contributed by atoms with Crippen molar-refractivity contribution in [1.29, 1.82) is 0 Å². The number of carboxylic acid groups (broad SMARTS) is 1. The number of benzene rings is 1. The summed E-state index contributed by atoms with van der Waals surface area (Å²) in [5, 5.41) is 9.22. The van der Waals surface area contributed by atoms with Crippen LogP contribution in [-0.4, -0.2) is 26.4 Å². The molecule has 0 saturated heterocycles. The van der Waals surface area contributed by atoms with Crippen LogP contribution in [0.15, 0.2) is 36.7 Å².